The van der Waals surface area contributed by atoms with Crippen LogP contribution < -0.4 is 5.32 Å². The van der Waals surface area contributed by atoms with E-state index < -0.39 is 18.6 Å². The van der Waals surface area contributed by atoms with Crippen LogP contribution in [0.4, 0.5) is 13.2 Å². The number of alkyl halides is 3. The predicted octanol–water partition coefficient (Wildman–Crippen LogP) is 3.23. The number of phenols is 2. The van der Waals surface area contributed by atoms with E-state index >= 15 is 0 Å². The average molecular weight is 377 g/mol. The Balaban J connectivity index is 0.00000242. The van der Waals surface area contributed by atoms with Crippen molar-refractivity contribution in [1.82, 2.24) is 10.2 Å². The van der Waals surface area contributed by atoms with Gasteiger partial charge in [-0.2, -0.15) is 13.2 Å². The number of nitrogens with zero attached hydrogens (tertiary/aromatic N) is 1. The van der Waals surface area contributed by atoms with Crippen LogP contribution in [0, 0.1) is 0 Å². The van der Waals surface area contributed by atoms with E-state index in [1.807, 2.05) is 4.90 Å². The van der Waals surface area contributed by atoms with Crippen molar-refractivity contribution in [2.75, 3.05) is 26.2 Å². The van der Waals surface area contributed by atoms with Crippen molar-refractivity contribution in [3.63, 3.8) is 0 Å². The Bertz CT molecular complexity index is 484. The normalized spacial score (nSPS) is 17.0. The zero-order chi connectivity index (χ0) is 15.5. The summed E-state index contributed by atoms with van der Waals surface area (Å²) in [4.78, 5) is 1.98. The van der Waals surface area contributed by atoms with Gasteiger partial charge in [0, 0.05) is 38.6 Å². The Morgan fingerprint density at radius 1 is 1.09 bits per heavy atom. The molecule has 134 valence electrons. The lowest BCUT2D eigenvalue weighted by molar-refractivity contribution is -0.138. The molecule has 1 aromatic rings. The fourth-order valence-electron chi connectivity index (χ4n) is 2.60. The number of benzene rings is 1. The van der Waals surface area contributed by atoms with Crippen LogP contribution in [-0.2, 0) is 0 Å². The zero-order valence-corrected chi connectivity index (χ0v) is 14.0. The second-order valence-electron chi connectivity index (χ2n) is 5.20. The van der Waals surface area contributed by atoms with Gasteiger partial charge in [-0.15, -0.1) is 24.8 Å². The molecule has 1 saturated heterocycles. The highest BCUT2D eigenvalue weighted by Crippen LogP contribution is 2.35. The van der Waals surface area contributed by atoms with E-state index in [1.54, 1.807) is 6.07 Å². The number of phenolic OH excluding ortho intramolecular Hbond substituents is 2. The van der Waals surface area contributed by atoms with Gasteiger partial charge in [0.05, 0.1) is 0 Å². The molecule has 0 aliphatic carbocycles. The Morgan fingerprint density at radius 3 is 2.22 bits per heavy atom. The lowest BCUT2D eigenvalue weighted by Crippen LogP contribution is -2.45. The number of aromatic hydroxyl groups is 2. The molecule has 1 fully saturated rings. The minimum absolute atomic E-state index is 0. The van der Waals surface area contributed by atoms with Crippen molar-refractivity contribution in [3.05, 3.63) is 23.8 Å². The maximum atomic E-state index is 12.5. The van der Waals surface area contributed by atoms with E-state index in [2.05, 4.69) is 5.32 Å². The summed E-state index contributed by atoms with van der Waals surface area (Å²) in [6.45, 7) is 2.77. The molecule has 0 amide bonds. The molecule has 0 bridgehead atoms. The molecule has 0 saturated carbocycles. The van der Waals surface area contributed by atoms with Crippen LogP contribution in [0.5, 0.6) is 11.5 Å². The van der Waals surface area contributed by atoms with E-state index in [9.17, 15) is 23.4 Å². The largest absolute Gasteiger partial charge is 0.504 e. The highest BCUT2D eigenvalue weighted by atomic mass is 35.5. The summed E-state index contributed by atoms with van der Waals surface area (Å²) in [7, 11) is 0. The maximum absolute atomic E-state index is 12.5. The van der Waals surface area contributed by atoms with Crippen LogP contribution in [0.25, 0.3) is 0 Å². The van der Waals surface area contributed by atoms with Crippen molar-refractivity contribution in [1.29, 1.82) is 0 Å². The van der Waals surface area contributed by atoms with Crippen molar-refractivity contribution in [2.45, 2.75) is 25.1 Å². The Labute approximate surface area is 145 Å². The van der Waals surface area contributed by atoms with Gasteiger partial charge in [0.1, 0.15) is 0 Å². The first-order valence-corrected chi connectivity index (χ1v) is 6.90. The highest BCUT2D eigenvalue weighted by Gasteiger charge is 2.31. The first-order chi connectivity index (χ1) is 9.87. The van der Waals surface area contributed by atoms with Gasteiger partial charge in [0.25, 0.3) is 0 Å². The molecule has 1 atom stereocenters. The van der Waals surface area contributed by atoms with Gasteiger partial charge in [-0.05, 0) is 24.1 Å². The summed E-state index contributed by atoms with van der Waals surface area (Å²) in [5.74, 6) is -0.576. The second kappa shape index (κ2) is 9.42. The van der Waals surface area contributed by atoms with Crippen LogP contribution in [0.3, 0.4) is 0 Å². The number of halogens is 5. The SMILES string of the molecule is Cl.Cl.Oc1ccc([C@H](CCC(F)(F)F)N2CCNCC2)cc1O. The molecule has 4 nitrogen and oxygen atoms in total. The van der Waals surface area contributed by atoms with E-state index in [0.717, 1.165) is 13.1 Å². The summed E-state index contributed by atoms with van der Waals surface area (Å²) < 4.78 is 37.6. The van der Waals surface area contributed by atoms with E-state index in [4.69, 9.17) is 0 Å². The van der Waals surface area contributed by atoms with Crippen LogP contribution in [0.2, 0.25) is 0 Å². The molecule has 0 aromatic heterocycles. The molecular formula is C14H21Cl2F3N2O2. The van der Waals surface area contributed by atoms with Crippen LogP contribution >= 0.6 is 24.8 Å². The fraction of sp³-hybridized carbons (Fsp3) is 0.571. The minimum Gasteiger partial charge on any atom is -0.504 e. The number of piperazine rings is 1. The number of hydrogen-bond donors (Lipinski definition) is 3. The summed E-state index contributed by atoms with van der Waals surface area (Å²) >= 11 is 0. The summed E-state index contributed by atoms with van der Waals surface area (Å²) in [6, 6.07) is 3.81. The minimum atomic E-state index is -4.20. The zero-order valence-electron chi connectivity index (χ0n) is 12.3. The molecule has 9 heteroatoms. The quantitative estimate of drug-likeness (QED) is 0.706. The molecule has 23 heavy (non-hydrogen) atoms. The van der Waals surface area contributed by atoms with Gasteiger partial charge in [-0.25, -0.2) is 0 Å². The number of rotatable bonds is 4. The van der Waals surface area contributed by atoms with E-state index in [1.165, 1.54) is 12.1 Å². The van der Waals surface area contributed by atoms with Crippen molar-refractivity contribution in [3.8, 4) is 11.5 Å². The van der Waals surface area contributed by atoms with Crippen LogP contribution in [0.1, 0.15) is 24.4 Å². The van der Waals surface area contributed by atoms with E-state index in [-0.39, 0.29) is 42.7 Å². The third-order valence-electron chi connectivity index (χ3n) is 3.68. The topological polar surface area (TPSA) is 55.7 Å². The third kappa shape index (κ3) is 6.63. The summed E-state index contributed by atoms with van der Waals surface area (Å²) in [5.41, 5.74) is 0.594. The number of nitrogens with one attached hydrogen (secondary N) is 1. The summed E-state index contributed by atoms with van der Waals surface area (Å²) in [6.07, 6.45) is -5.14. The molecule has 1 aliphatic heterocycles. The molecular weight excluding hydrogens is 356 g/mol. The molecule has 0 spiro atoms. The van der Waals surface area contributed by atoms with Gasteiger partial charge in [-0.3, -0.25) is 4.90 Å². The Hall–Kier alpha value is -0.890. The van der Waals surface area contributed by atoms with Crippen LogP contribution in [-0.4, -0.2) is 47.5 Å². The van der Waals surface area contributed by atoms with Crippen molar-refractivity contribution < 1.29 is 23.4 Å². The molecule has 1 aliphatic rings. The summed E-state index contributed by atoms with van der Waals surface area (Å²) in [5, 5.41) is 22.1. The maximum Gasteiger partial charge on any atom is 0.389 e. The number of hydrogen-bond acceptors (Lipinski definition) is 4. The molecule has 2 rings (SSSR count). The molecule has 1 heterocycles. The van der Waals surface area contributed by atoms with Gasteiger partial charge in [-0.1, -0.05) is 6.07 Å². The third-order valence-corrected chi connectivity index (χ3v) is 3.68. The van der Waals surface area contributed by atoms with Crippen LogP contribution in [0.15, 0.2) is 18.2 Å². The van der Waals surface area contributed by atoms with Crippen molar-refractivity contribution in [2.24, 2.45) is 0 Å². The first kappa shape index (κ1) is 22.1. The molecule has 0 unspecified atom stereocenters. The molecule has 3 N–H and O–H groups in total. The van der Waals surface area contributed by atoms with Gasteiger partial charge < -0.3 is 15.5 Å². The van der Waals surface area contributed by atoms with Gasteiger partial charge >= 0.3 is 6.18 Å². The van der Waals surface area contributed by atoms with Crippen molar-refractivity contribution >= 4 is 24.8 Å². The average Bonchev–Trinajstić information content (AvgIpc) is 2.43. The monoisotopic (exact) mass is 376 g/mol. The smallest absolute Gasteiger partial charge is 0.389 e. The lowest BCUT2D eigenvalue weighted by atomic mass is 9.98. The lowest BCUT2D eigenvalue weighted by Gasteiger charge is -2.35. The molecule has 1 aromatic carbocycles. The Morgan fingerprint density at radius 2 is 1.70 bits per heavy atom. The fourth-order valence-corrected chi connectivity index (χ4v) is 2.60. The Kier molecular flexibility index (Phi) is 9.05. The van der Waals surface area contributed by atoms with E-state index in [0.29, 0.717) is 18.7 Å². The highest BCUT2D eigenvalue weighted by molar-refractivity contribution is 5.85. The predicted molar refractivity (Wildman–Crippen MR) is 86.7 cm³/mol. The van der Waals surface area contributed by atoms with Gasteiger partial charge in [0.2, 0.25) is 0 Å². The van der Waals surface area contributed by atoms with Gasteiger partial charge in [0.15, 0.2) is 11.5 Å². The first-order valence-electron chi connectivity index (χ1n) is 6.90. The second-order valence-corrected chi connectivity index (χ2v) is 5.20. The molecule has 0 radical (unpaired) electrons. The standard InChI is InChI=1S/C14H19F3N2O2.2ClH/c15-14(16,17)4-3-11(19-7-5-18-6-8-19)10-1-2-12(20)13(21)9-10;;/h1-2,9,11,18,20-21H,3-8H2;2*1H/t11-;;/m0../s1.